The number of carbonyl (C=O) groups excluding carboxylic acids is 1. The zero-order valence-corrected chi connectivity index (χ0v) is 19.7. The lowest BCUT2D eigenvalue weighted by Gasteiger charge is -2.22. The van der Waals surface area contributed by atoms with Crippen LogP contribution in [0.3, 0.4) is 0 Å². The first kappa shape index (κ1) is 22.2. The number of rotatable bonds is 6. The molecule has 5 rings (SSSR count). The Morgan fingerprint density at radius 2 is 2.12 bits per heavy atom. The molecule has 2 atom stereocenters. The van der Waals surface area contributed by atoms with Crippen molar-refractivity contribution in [2.45, 2.75) is 38.6 Å². The summed E-state index contributed by atoms with van der Waals surface area (Å²) in [5.41, 5.74) is 2.07. The highest BCUT2D eigenvalue weighted by Gasteiger charge is 2.56. The maximum Gasteiger partial charge on any atom is 0.230 e. The van der Waals surface area contributed by atoms with Gasteiger partial charge in [0.2, 0.25) is 11.8 Å². The Balaban J connectivity index is 1.31. The molecule has 0 aromatic carbocycles. The Labute approximate surface area is 197 Å². The van der Waals surface area contributed by atoms with Gasteiger partial charge in [-0.25, -0.2) is 19.3 Å². The molecule has 9 nitrogen and oxygen atoms in total. The standard InChI is InChI=1S/C24H28FN7O2/c1-14(17-9-21(34-4)26-10-18(17)25)23(33)32-11-19(24(12-32)7-8-24)29-20-6-5-16(15(2)28-20)22-27-13-31(3)30-22/h5-6,9-10,13-14,19H,7-8,11-12H2,1-4H3,(H,28,29)/t14?,19-/m1/s1. The second-order valence-electron chi connectivity index (χ2n) is 9.32. The van der Waals surface area contributed by atoms with Gasteiger partial charge in [-0.3, -0.25) is 9.48 Å². The number of nitrogens with one attached hydrogen (secondary N) is 1. The van der Waals surface area contributed by atoms with Crippen LogP contribution in [-0.2, 0) is 11.8 Å². The minimum Gasteiger partial charge on any atom is -0.481 e. The van der Waals surface area contributed by atoms with Crippen LogP contribution in [0.15, 0.2) is 30.7 Å². The Kier molecular flexibility index (Phi) is 5.45. The first-order valence-corrected chi connectivity index (χ1v) is 11.4. The summed E-state index contributed by atoms with van der Waals surface area (Å²) in [5, 5.41) is 7.91. The molecule has 1 aliphatic heterocycles. The van der Waals surface area contributed by atoms with Crippen molar-refractivity contribution in [1.29, 1.82) is 0 Å². The summed E-state index contributed by atoms with van der Waals surface area (Å²) < 4.78 is 21.2. The number of amides is 1. The van der Waals surface area contributed by atoms with Gasteiger partial charge in [-0.2, -0.15) is 5.10 Å². The van der Waals surface area contributed by atoms with E-state index in [1.165, 1.54) is 13.2 Å². The Bertz CT molecular complexity index is 1240. The third kappa shape index (κ3) is 3.97. The molecular formula is C24H28FN7O2. The number of aromatic nitrogens is 5. The molecule has 1 saturated heterocycles. The minimum absolute atomic E-state index is 0.0423. The van der Waals surface area contributed by atoms with Crippen molar-refractivity contribution in [3.63, 3.8) is 0 Å². The van der Waals surface area contributed by atoms with Crippen molar-refractivity contribution in [3.8, 4) is 17.3 Å². The van der Waals surface area contributed by atoms with Crippen molar-refractivity contribution < 1.29 is 13.9 Å². The van der Waals surface area contributed by atoms with E-state index in [-0.39, 0.29) is 17.4 Å². The normalized spacial score (nSPS) is 19.3. The van der Waals surface area contributed by atoms with Crippen LogP contribution in [0.25, 0.3) is 11.4 Å². The molecule has 3 aromatic heterocycles. The van der Waals surface area contributed by atoms with Gasteiger partial charge in [0.1, 0.15) is 18.0 Å². The maximum absolute atomic E-state index is 14.4. The van der Waals surface area contributed by atoms with E-state index in [1.54, 1.807) is 17.9 Å². The van der Waals surface area contributed by atoms with Gasteiger partial charge in [0.05, 0.1) is 31.0 Å². The number of nitrogens with zero attached hydrogens (tertiary/aromatic N) is 6. The van der Waals surface area contributed by atoms with E-state index in [0.717, 1.165) is 36.1 Å². The summed E-state index contributed by atoms with van der Waals surface area (Å²) in [4.78, 5) is 28.1. The molecule has 1 spiro atoms. The van der Waals surface area contributed by atoms with Crippen molar-refractivity contribution in [2.75, 3.05) is 25.5 Å². The Hall–Kier alpha value is -3.56. The third-order valence-corrected chi connectivity index (χ3v) is 7.01. The second kappa shape index (κ2) is 8.34. The predicted octanol–water partition coefficient (Wildman–Crippen LogP) is 2.93. The predicted molar refractivity (Wildman–Crippen MR) is 124 cm³/mol. The Morgan fingerprint density at radius 1 is 1.32 bits per heavy atom. The number of pyridine rings is 2. The highest BCUT2D eigenvalue weighted by Crippen LogP contribution is 2.54. The first-order chi connectivity index (χ1) is 16.3. The number of aryl methyl sites for hydroxylation is 2. The fourth-order valence-corrected chi connectivity index (χ4v) is 4.81. The van der Waals surface area contributed by atoms with Crippen LogP contribution < -0.4 is 10.1 Å². The van der Waals surface area contributed by atoms with Gasteiger partial charge in [-0.15, -0.1) is 0 Å². The number of hydrogen-bond donors (Lipinski definition) is 1. The van der Waals surface area contributed by atoms with Gasteiger partial charge in [-0.05, 0) is 38.8 Å². The molecule has 2 aliphatic rings. The van der Waals surface area contributed by atoms with Crippen LogP contribution in [0.5, 0.6) is 5.88 Å². The molecule has 1 aliphatic carbocycles. The minimum atomic E-state index is -0.628. The molecule has 1 unspecified atom stereocenters. The lowest BCUT2D eigenvalue weighted by Crippen LogP contribution is -2.34. The van der Waals surface area contributed by atoms with Gasteiger partial charge in [0, 0.05) is 42.7 Å². The van der Waals surface area contributed by atoms with E-state index in [2.05, 4.69) is 20.4 Å². The molecule has 1 amide bonds. The zero-order chi connectivity index (χ0) is 24.0. The fraction of sp³-hybridized carbons (Fsp3) is 0.458. The van der Waals surface area contributed by atoms with E-state index in [4.69, 9.17) is 9.72 Å². The second-order valence-corrected chi connectivity index (χ2v) is 9.32. The fourth-order valence-electron chi connectivity index (χ4n) is 4.81. The number of carbonyl (C=O) groups is 1. The lowest BCUT2D eigenvalue weighted by molar-refractivity contribution is -0.131. The molecule has 1 N–H and O–H groups in total. The van der Waals surface area contributed by atoms with E-state index in [9.17, 15) is 9.18 Å². The molecule has 2 fully saturated rings. The number of anilines is 1. The van der Waals surface area contributed by atoms with Crippen molar-refractivity contribution in [2.24, 2.45) is 12.5 Å². The number of ether oxygens (including phenoxy) is 1. The van der Waals surface area contributed by atoms with E-state index >= 15 is 0 Å². The summed E-state index contributed by atoms with van der Waals surface area (Å²) in [6.07, 6.45) is 4.87. The molecular weight excluding hydrogens is 437 g/mol. The number of halogens is 1. The molecule has 10 heteroatoms. The third-order valence-electron chi connectivity index (χ3n) is 7.01. The highest BCUT2D eigenvalue weighted by molar-refractivity contribution is 5.84. The summed E-state index contributed by atoms with van der Waals surface area (Å²) in [6.45, 7) is 4.88. The quantitative estimate of drug-likeness (QED) is 0.598. The molecule has 0 bridgehead atoms. The molecule has 4 heterocycles. The number of methoxy groups -OCH3 is 1. The van der Waals surface area contributed by atoms with Crippen molar-refractivity contribution >= 4 is 11.7 Å². The SMILES string of the molecule is COc1cc(C(C)C(=O)N2C[C@@H](Nc3ccc(-c4ncn(C)n4)c(C)n3)C3(CC3)C2)c(F)cn1. The van der Waals surface area contributed by atoms with Gasteiger partial charge < -0.3 is 15.0 Å². The van der Waals surface area contributed by atoms with Gasteiger partial charge in [0.15, 0.2) is 5.82 Å². The molecule has 34 heavy (non-hydrogen) atoms. The van der Waals surface area contributed by atoms with E-state index in [0.29, 0.717) is 30.4 Å². The summed E-state index contributed by atoms with van der Waals surface area (Å²) in [5.74, 6) is 0.478. The lowest BCUT2D eigenvalue weighted by atomic mass is 10.00. The molecule has 0 radical (unpaired) electrons. The van der Waals surface area contributed by atoms with Crippen LogP contribution in [-0.4, -0.2) is 61.8 Å². The van der Waals surface area contributed by atoms with Crippen LogP contribution in [0, 0.1) is 18.2 Å². The Morgan fingerprint density at radius 3 is 2.76 bits per heavy atom. The van der Waals surface area contributed by atoms with Gasteiger partial charge in [0.25, 0.3) is 0 Å². The summed E-state index contributed by atoms with van der Waals surface area (Å²) in [6, 6.07) is 5.49. The zero-order valence-electron chi connectivity index (χ0n) is 19.7. The molecule has 1 saturated carbocycles. The van der Waals surface area contributed by atoms with E-state index < -0.39 is 11.7 Å². The van der Waals surface area contributed by atoms with Crippen LogP contribution in [0.1, 0.15) is 36.9 Å². The van der Waals surface area contributed by atoms with Crippen LogP contribution in [0.4, 0.5) is 10.2 Å². The molecule has 3 aromatic rings. The average Bonchev–Trinajstić information content (AvgIpc) is 3.34. The van der Waals surface area contributed by atoms with Gasteiger partial charge >= 0.3 is 0 Å². The van der Waals surface area contributed by atoms with Crippen molar-refractivity contribution in [1.82, 2.24) is 29.6 Å². The number of likely N-dealkylation sites (tertiary alicyclic amines) is 1. The topological polar surface area (TPSA) is 98.1 Å². The molecule has 178 valence electrons. The summed E-state index contributed by atoms with van der Waals surface area (Å²) in [7, 11) is 3.30. The largest absolute Gasteiger partial charge is 0.481 e. The summed E-state index contributed by atoms with van der Waals surface area (Å²) >= 11 is 0. The average molecular weight is 466 g/mol. The highest BCUT2D eigenvalue weighted by atomic mass is 19.1. The van der Waals surface area contributed by atoms with Crippen LogP contribution >= 0.6 is 0 Å². The van der Waals surface area contributed by atoms with Crippen LogP contribution in [0.2, 0.25) is 0 Å². The number of hydrogen-bond acceptors (Lipinski definition) is 7. The first-order valence-electron chi connectivity index (χ1n) is 11.4. The van der Waals surface area contributed by atoms with Gasteiger partial charge in [-0.1, -0.05) is 0 Å². The van der Waals surface area contributed by atoms with Crippen molar-refractivity contribution in [3.05, 3.63) is 47.8 Å². The maximum atomic E-state index is 14.4. The van der Waals surface area contributed by atoms with E-state index in [1.807, 2.05) is 31.0 Å². The smallest absolute Gasteiger partial charge is 0.230 e. The monoisotopic (exact) mass is 465 g/mol.